The molecule has 2 N–H and O–H groups in total. The smallest absolute Gasteiger partial charge is 0.332 e. The van der Waals surface area contributed by atoms with Crippen molar-refractivity contribution in [2.75, 3.05) is 0 Å². The molecule has 5 nitrogen and oxygen atoms in total. The Morgan fingerprint density at radius 2 is 2.46 bits per heavy atom. The molecule has 0 aliphatic rings. The average Bonchev–Trinajstić information content (AvgIpc) is 2.47. The molecule has 72 valence electrons. The van der Waals surface area contributed by atoms with Gasteiger partial charge in [0.05, 0.1) is 0 Å². The number of hydrogen-bond donors (Lipinski definition) is 2. The molecule has 0 aliphatic heterocycles. The third kappa shape index (κ3) is 2.55. The fourth-order valence-corrected chi connectivity index (χ4v) is 1.03. The van der Waals surface area contributed by atoms with Gasteiger partial charge in [0.15, 0.2) is 6.10 Å². The summed E-state index contributed by atoms with van der Waals surface area (Å²) in [4.78, 5) is 14.3. The van der Waals surface area contributed by atoms with Crippen LogP contribution in [0.2, 0.25) is 0 Å². The number of imidazole rings is 1. The van der Waals surface area contributed by atoms with E-state index in [-0.39, 0.29) is 6.42 Å². The molecule has 13 heavy (non-hydrogen) atoms. The van der Waals surface area contributed by atoms with Crippen LogP contribution in [0.25, 0.3) is 0 Å². The van der Waals surface area contributed by atoms with Gasteiger partial charge in [0.1, 0.15) is 5.82 Å². The maximum atomic E-state index is 10.3. The molecule has 0 fully saturated rings. The molecular weight excluding hydrogens is 172 g/mol. The van der Waals surface area contributed by atoms with E-state index in [0.29, 0.717) is 6.42 Å². The van der Waals surface area contributed by atoms with Crippen LogP contribution in [-0.4, -0.2) is 31.8 Å². The number of carboxylic acid groups (broad SMARTS) is 1. The number of aromatic nitrogens is 2. The minimum Gasteiger partial charge on any atom is -0.479 e. The maximum absolute atomic E-state index is 10.3. The van der Waals surface area contributed by atoms with E-state index in [1.807, 2.05) is 7.05 Å². The molecule has 1 heterocycles. The zero-order valence-corrected chi connectivity index (χ0v) is 7.34. The molecule has 0 amide bonds. The van der Waals surface area contributed by atoms with Crippen molar-refractivity contribution < 1.29 is 15.0 Å². The summed E-state index contributed by atoms with van der Waals surface area (Å²) in [5.74, 6) is -0.408. The first-order valence-corrected chi connectivity index (χ1v) is 3.98. The highest BCUT2D eigenvalue weighted by Gasteiger charge is 2.13. The van der Waals surface area contributed by atoms with Gasteiger partial charge in [-0.3, -0.25) is 0 Å². The lowest BCUT2D eigenvalue weighted by Gasteiger charge is -2.04. The number of aliphatic carboxylic acids is 1. The van der Waals surface area contributed by atoms with Gasteiger partial charge in [0.25, 0.3) is 0 Å². The molecule has 0 radical (unpaired) electrons. The number of carbonyl (C=O) groups is 1. The molecule has 5 heteroatoms. The number of aliphatic hydroxyl groups is 1. The van der Waals surface area contributed by atoms with E-state index in [2.05, 4.69) is 4.98 Å². The minimum absolute atomic E-state index is 0.195. The van der Waals surface area contributed by atoms with Crippen LogP contribution in [0.3, 0.4) is 0 Å². The lowest BCUT2D eigenvalue weighted by Crippen LogP contribution is -2.20. The molecule has 0 saturated heterocycles. The summed E-state index contributed by atoms with van der Waals surface area (Å²) < 4.78 is 1.80. The maximum Gasteiger partial charge on any atom is 0.332 e. The highest BCUT2D eigenvalue weighted by Crippen LogP contribution is 2.02. The summed E-state index contributed by atoms with van der Waals surface area (Å²) >= 11 is 0. The molecule has 0 aliphatic carbocycles. The summed E-state index contributed by atoms with van der Waals surface area (Å²) in [5.41, 5.74) is 0. The fraction of sp³-hybridized carbons (Fsp3) is 0.500. The van der Waals surface area contributed by atoms with Gasteiger partial charge in [-0.1, -0.05) is 0 Å². The van der Waals surface area contributed by atoms with Gasteiger partial charge in [-0.2, -0.15) is 0 Å². The summed E-state index contributed by atoms with van der Waals surface area (Å²) in [6, 6.07) is 0. The van der Waals surface area contributed by atoms with Crippen LogP contribution >= 0.6 is 0 Å². The van der Waals surface area contributed by atoms with Gasteiger partial charge in [-0.05, 0) is 6.42 Å². The lowest BCUT2D eigenvalue weighted by molar-refractivity contribution is -0.146. The first-order valence-electron chi connectivity index (χ1n) is 3.98. The Labute approximate surface area is 75.6 Å². The van der Waals surface area contributed by atoms with E-state index in [1.54, 1.807) is 17.0 Å². The van der Waals surface area contributed by atoms with Crippen LogP contribution < -0.4 is 0 Å². The quantitative estimate of drug-likeness (QED) is 0.679. The standard InChI is InChI=1S/C8H12N2O3/c1-10-5-4-9-7(10)3-2-6(11)8(12)13/h4-6,11H,2-3H2,1H3,(H,12,13). The Morgan fingerprint density at radius 1 is 1.77 bits per heavy atom. The first-order chi connectivity index (χ1) is 6.11. The van der Waals surface area contributed by atoms with Crippen molar-refractivity contribution in [3.8, 4) is 0 Å². The van der Waals surface area contributed by atoms with Gasteiger partial charge < -0.3 is 14.8 Å². The SMILES string of the molecule is Cn1ccnc1CCC(O)C(=O)O. The van der Waals surface area contributed by atoms with Crippen LogP contribution in [0.5, 0.6) is 0 Å². The summed E-state index contributed by atoms with van der Waals surface area (Å²) in [6.07, 6.45) is 2.79. The second kappa shape index (κ2) is 4.04. The van der Waals surface area contributed by atoms with E-state index in [9.17, 15) is 4.79 Å². The Morgan fingerprint density at radius 3 is 2.92 bits per heavy atom. The minimum atomic E-state index is -1.29. The molecule has 1 unspecified atom stereocenters. The molecule has 1 aromatic rings. The first kappa shape index (κ1) is 9.73. The van der Waals surface area contributed by atoms with Crippen LogP contribution in [0, 0.1) is 0 Å². The highest BCUT2D eigenvalue weighted by atomic mass is 16.4. The van der Waals surface area contributed by atoms with Crippen molar-refractivity contribution in [2.45, 2.75) is 18.9 Å². The van der Waals surface area contributed by atoms with E-state index < -0.39 is 12.1 Å². The zero-order chi connectivity index (χ0) is 9.84. The summed E-state index contributed by atoms with van der Waals surface area (Å²) in [7, 11) is 1.83. The van der Waals surface area contributed by atoms with Gasteiger partial charge in [-0.25, -0.2) is 9.78 Å². The second-order valence-electron chi connectivity index (χ2n) is 2.85. The molecule has 0 bridgehead atoms. The summed E-state index contributed by atoms with van der Waals surface area (Å²) in [5, 5.41) is 17.4. The Hall–Kier alpha value is -1.36. The highest BCUT2D eigenvalue weighted by molar-refractivity contribution is 5.71. The predicted molar refractivity (Wildman–Crippen MR) is 45.2 cm³/mol. The predicted octanol–water partition coefficient (Wildman–Crippen LogP) is -0.202. The van der Waals surface area contributed by atoms with Gasteiger partial charge in [-0.15, -0.1) is 0 Å². The lowest BCUT2D eigenvalue weighted by atomic mass is 10.2. The third-order valence-corrected chi connectivity index (χ3v) is 1.85. The number of aryl methyl sites for hydroxylation is 2. The van der Waals surface area contributed by atoms with Crippen molar-refractivity contribution in [1.29, 1.82) is 0 Å². The van der Waals surface area contributed by atoms with Gasteiger partial charge in [0, 0.05) is 25.9 Å². The average molecular weight is 184 g/mol. The van der Waals surface area contributed by atoms with E-state index in [4.69, 9.17) is 10.2 Å². The number of aliphatic hydroxyl groups excluding tert-OH is 1. The number of rotatable bonds is 4. The van der Waals surface area contributed by atoms with Crippen LogP contribution in [-0.2, 0) is 18.3 Å². The second-order valence-corrected chi connectivity index (χ2v) is 2.85. The fourth-order valence-electron chi connectivity index (χ4n) is 1.03. The summed E-state index contributed by atoms with van der Waals surface area (Å²) in [6.45, 7) is 0. The molecule has 0 saturated carbocycles. The van der Waals surface area contributed by atoms with Crippen LogP contribution in [0.1, 0.15) is 12.2 Å². The van der Waals surface area contributed by atoms with Gasteiger partial charge >= 0.3 is 5.97 Å². The van der Waals surface area contributed by atoms with E-state index in [1.165, 1.54) is 0 Å². The third-order valence-electron chi connectivity index (χ3n) is 1.85. The Kier molecular flexibility index (Phi) is 3.02. The van der Waals surface area contributed by atoms with Crippen molar-refractivity contribution in [3.05, 3.63) is 18.2 Å². The molecule has 0 aromatic carbocycles. The van der Waals surface area contributed by atoms with Crippen molar-refractivity contribution in [2.24, 2.45) is 7.05 Å². The molecule has 0 spiro atoms. The molecular formula is C8H12N2O3. The zero-order valence-electron chi connectivity index (χ0n) is 7.34. The van der Waals surface area contributed by atoms with E-state index >= 15 is 0 Å². The van der Waals surface area contributed by atoms with Crippen LogP contribution in [0.4, 0.5) is 0 Å². The normalized spacial score (nSPS) is 12.8. The van der Waals surface area contributed by atoms with Gasteiger partial charge in [0.2, 0.25) is 0 Å². The Bertz CT molecular complexity index is 295. The Balaban J connectivity index is 2.44. The van der Waals surface area contributed by atoms with Crippen molar-refractivity contribution in [1.82, 2.24) is 9.55 Å². The number of nitrogens with zero attached hydrogens (tertiary/aromatic N) is 2. The number of hydrogen-bond acceptors (Lipinski definition) is 3. The van der Waals surface area contributed by atoms with Crippen molar-refractivity contribution >= 4 is 5.97 Å². The van der Waals surface area contributed by atoms with Crippen LogP contribution in [0.15, 0.2) is 12.4 Å². The van der Waals surface area contributed by atoms with E-state index in [0.717, 1.165) is 5.82 Å². The molecule has 1 rings (SSSR count). The van der Waals surface area contributed by atoms with Crippen molar-refractivity contribution in [3.63, 3.8) is 0 Å². The topological polar surface area (TPSA) is 75.3 Å². The molecule has 1 aromatic heterocycles. The molecule has 1 atom stereocenters. The largest absolute Gasteiger partial charge is 0.479 e. The number of carboxylic acids is 1. The monoisotopic (exact) mass is 184 g/mol.